The molecule has 0 bridgehead atoms. The average Bonchev–Trinajstić information content (AvgIpc) is 2.59. The van der Waals surface area contributed by atoms with Crippen LogP contribution in [0.4, 0.5) is 0 Å². The Balaban J connectivity index is 2.47. The maximum absolute atomic E-state index is 9.10. The Labute approximate surface area is 80.4 Å². The van der Waals surface area contributed by atoms with Gasteiger partial charge in [-0.1, -0.05) is 6.92 Å². The topological polar surface area (TPSA) is 43.7 Å². The van der Waals surface area contributed by atoms with Crippen molar-refractivity contribution in [3.8, 4) is 0 Å². The monoisotopic (exact) mass is 187 g/mol. The summed E-state index contributed by atoms with van der Waals surface area (Å²) in [6.45, 7) is 6.67. The van der Waals surface area contributed by atoms with Gasteiger partial charge in [-0.2, -0.15) is 0 Å². The first kappa shape index (κ1) is 11.0. The highest BCUT2D eigenvalue weighted by Crippen LogP contribution is 2.24. The molecule has 1 fully saturated rings. The molecule has 3 unspecified atom stereocenters. The van der Waals surface area contributed by atoms with Gasteiger partial charge in [-0.15, -0.1) is 0 Å². The SMILES string of the molecule is CCC(C)N1CC(CO)C(CO)C1. The fourth-order valence-electron chi connectivity index (χ4n) is 2.01. The van der Waals surface area contributed by atoms with Gasteiger partial charge in [0.05, 0.1) is 0 Å². The van der Waals surface area contributed by atoms with Crippen molar-refractivity contribution in [1.82, 2.24) is 4.90 Å². The molecule has 2 N–H and O–H groups in total. The van der Waals surface area contributed by atoms with E-state index in [1.165, 1.54) is 0 Å². The van der Waals surface area contributed by atoms with Gasteiger partial charge in [0.15, 0.2) is 0 Å². The summed E-state index contributed by atoms with van der Waals surface area (Å²) in [7, 11) is 0. The minimum absolute atomic E-state index is 0.207. The molecule has 0 saturated carbocycles. The van der Waals surface area contributed by atoms with Gasteiger partial charge < -0.3 is 10.2 Å². The first-order valence-electron chi connectivity index (χ1n) is 5.18. The minimum Gasteiger partial charge on any atom is -0.396 e. The molecule has 0 amide bonds. The zero-order valence-electron chi connectivity index (χ0n) is 8.61. The molecule has 0 radical (unpaired) electrons. The molecule has 13 heavy (non-hydrogen) atoms. The second-order valence-corrected chi connectivity index (χ2v) is 4.10. The standard InChI is InChI=1S/C10H21NO2/c1-3-8(2)11-4-9(6-12)10(5-11)7-13/h8-10,12-13H,3-7H2,1-2H3. The van der Waals surface area contributed by atoms with E-state index in [0.717, 1.165) is 19.5 Å². The Kier molecular flexibility index (Phi) is 4.16. The molecule has 3 heteroatoms. The van der Waals surface area contributed by atoms with Gasteiger partial charge in [0.2, 0.25) is 0 Å². The van der Waals surface area contributed by atoms with E-state index in [-0.39, 0.29) is 25.0 Å². The Morgan fingerprint density at radius 3 is 2.00 bits per heavy atom. The van der Waals surface area contributed by atoms with Gasteiger partial charge in [0.25, 0.3) is 0 Å². The number of aliphatic hydroxyl groups excluding tert-OH is 2. The van der Waals surface area contributed by atoms with Gasteiger partial charge >= 0.3 is 0 Å². The van der Waals surface area contributed by atoms with Crippen molar-refractivity contribution in [3.63, 3.8) is 0 Å². The van der Waals surface area contributed by atoms with E-state index in [2.05, 4.69) is 18.7 Å². The third kappa shape index (κ3) is 2.42. The van der Waals surface area contributed by atoms with Crippen molar-refractivity contribution in [2.24, 2.45) is 11.8 Å². The quantitative estimate of drug-likeness (QED) is 0.666. The highest BCUT2D eigenvalue weighted by Gasteiger charge is 2.33. The van der Waals surface area contributed by atoms with Gasteiger partial charge in [-0.3, -0.25) is 4.90 Å². The van der Waals surface area contributed by atoms with E-state index in [9.17, 15) is 0 Å². The molecule has 1 aliphatic heterocycles. The van der Waals surface area contributed by atoms with Crippen LogP contribution >= 0.6 is 0 Å². The van der Waals surface area contributed by atoms with Crippen molar-refractivity contribution in [2.45, 2.75) is 26.3 Å². The number of nitrogens with zero attached hydrogens (tertiary/aromatic N) is 1. The summed E-state index contributed by atoms with van der Waals surface area (Å²) >= 11 is 0. The molecular weight excluding hydrogens is 166 g/mol. The first-order chi connectivity index (χ1) is 6.22. The average molecular weight is 187 g/mol. The Morgan fingerprint density at radius 1 is 1.23 bits per heavy atom. The molecule has 1 heterocycles. The number of rotatable bonds is 4. The summed E-state index contributed by atoms with van der Waals surface area (Å²) in [6.07, 6.45) is 1.14. The van der Waals surface area contributed by atoms with Gasteiger partial charge in [0.1, 0.15) is 0 Å². The van der Waals surface area contributed by atoms with Crippen LogP contribution in [0.2, 0.25) is 0 Å². The molecule has 0 spiro atoms. The number of hydrogen-bond acceptors (Lipinski definition) is 3. The highest BCUT2D eigenvalue weighted by molar-refractivity contribution is 4.85. The third-order valence-corrected chi connectivity index (χ3v) is 3.29. The predicted molar refractivity (Wildman–Crippen MR) is 52.5 cm³/mol. The van der Waals surface area contributed by atoms with Gasteiger partial charge in [-0.25, -0.2) is 0 Å². The summed E-state index contributed by atoms with van der Waals surface area (Å²) in [5, 5.41) is 18.2. The zero-order chi connectivity index (χ0) is 9.84. The number of aliphatic hydroxyl groups is 2. The zero-order valence-corrected chi connectivity index (χ0v) is 8.61. The normalized spacial score (nSPS) is 32.3. The number of likely N-dealkylation sites (tertiary alicyclic amines) is 1. The van der Waals surface area contributed by atoms with E-state index >= 15 is 0 Å². The number of hydrogen-bond donors (Lipinski definition) is 2. The van der Waals surface area contributed by atoms with Crippen molar-refractivity contribution in [1.29, 1.82) is 0 Å². The van der Waals surface area contributed by atoms with E-state index in [0.29, 0.717) is 6.04 Å². The second-order valence-electron chi connectivity index (χ2n) is 4.10. The Bertz CT molecular complexity index is 140. The molecule has 0 aromatic carbocycles. The van der Waals surface area contributed by atoms with Crippen LogP contribution in [-0.4, -0.2) is 47.5 Å². The smallest absolute Gasteiger partial charge is 0.0475 e. The van der Waals surface area contributed by atoms with Crippen molar-refractivity contribution in [3.05, 3.63) is 0 Å². The molecule has 78 valence electrons. The van der Waals surface area contributed by atoms with E-state index in [1.807, 2.05) is 0 Å². The second kappa shape index (κ2) is 4.94. The van der Waals surface area contributed by atoms with Crippen molar-refractivity contribution >= 4 is 0 Å². The highest BCUT2D eigenvalue weighted by atomic mass is 16.3. The largest absolute Gasteiger partial charge is 0.396 e. The fourth-order valence-corrected chi connectivity index (χ4v) is 2.01. The fraction of sp³-hybridized carbons (Fsp3) is 1.00. The van der Waals surface area contributed by atoms with Crippen molar-refractivity contribution < 1.29 is 10.2 Å². The minimum atomic E-state index is 0.207. The predicted octanol–water partition coefficient (Wildman–Crippen LogP) is 0.318. The van der Waals surface area contributed by atoms with Crippen LogP contribution in [0.1, 0.15) is 20.3 Å². The van der Waals surface area contributed by atoms with Crippen LogP contribution < -0.4 is 0 Å². The third-order valence-electron chi connectivity index (χ3n) is 3.29. The summed E-state index contributed by atoms with van der Waals surface area (Å²) in [5.74, 6) is 0.554. The summed E-state index contributed by atoms with van der Waals surface area (Å²) in [4.78, 5) is 2.36. The van der Waals surface area contributed by atoms with E-state index in [1.54, 1.807) is 0 Å². The molecule has 1 aliphatic rings. The maximum Gasteiger partial charge on any atom is 0.0475 e. The summed E-state index contributed by atoms with van der Waals surface area (Å²) in [5.41, 5.74) is 0. The molecule has 0 aromatic rings. The molecule has 0 aliphatic carbocycles. The maximum atomic E-state index is 9.10. The van der Waals surface area contributed by atoms with Crippen molar-refractivity contribution in [2.75, 3.05) is 26.3 Å². The molecular formula is C10H21NO2. The lowest BCUT2D eigenvalue weighted by molar-refractivity contribution is 0.152. The van der Waals surface area contributed by atoms with Crippen LogP contribution in [0.5, 0.6) is 0 Å². The molecule has 3 atom stereocenters. The van der Waals surface area contributed by atoms with Crippen LogP contribution in [0.25, 0.3) is 0 Å². The van der Waals surface area contributed by atoms with Gasteiger partial charge in [-0.05, 0) is 13.3 Å². The van der Waals surface area contributed by atoms with Crippen LogP contribution in [0.15, 0.2) is 0 Å². The first-order valence-corrected chi connectivity index (χ1v) is 5.18. The Hall–Kier alpha value is -0.120. The molecule has 3 nitrogen and oxygen atoms in total. The molecule has 1 rings (SSSR count). The summed E-state index contributed by atoms with van der Waals surface area (Å²) in [6, 6.07) is 0.575. The van der Waals surface area contributed by atoms with E-state index in [4.69, 9.17) is 10.2 Å². The molecule has 0 aromatic heterocycles. The lowest BCUT2D eigenvalue weighted by Crippen LogP contribution is -2.30. The lowest BCUT2D eigenvalue weighted by Gasteiger charge is -2.22. The van der Waals surface area contributed by atoms with E-state index < -0.39 is 0 Å². The van der Waals surface area contributed by atoms with Gasteiger partial charge in [0, 0.05) is 44.2 Å². The Morgan fingerprint density at radius 2 is 1.69 bits per heavy atom. The summed E-state index contributed by atoms with van der Waals surface area (Å²) < 4.78 is 0. The van der Waals surface area contributed by atoms with Crippen LogP contribution in [0.3, 0.4) is 0 Å². The lowest BCUT2D eigenvalue weighted by atomic mass is 9.98. The van der Waals surface area contributed by atoms with Crippen LogP contribution in [0, 0.1) is 11.8 Å². The van der Waals surface area contributed by atoms with Crippen LogP contribution in [-0.2, 0) is 0 Å². The molecule has 1 saturated heterocycles.